The number of aromatic nitrogens is 1. The third-order valence-electron chi connectivity index (χ3n) is 8.32. The van der Waals surface area contributed by atoms with Crippen LogP contribution in [-0.2, 0) is 21.2 Å². The van der Waals surface area contributed by atoms with Crippen molar-refractivity contribution in [3.63, 3.8) is 0 Å². The molecule has 3 aliphatic heterocycles. The molecule has 3 aliphatic rings. The number of aliphatic hydroxyl groups is 1. The molecule has 4 heterocycles. The highest BCUT2D eigenvalue weighted by Crippen LogP contribution is 2.39. The van der Waals surface area contributed by atoms with E-state index in [0.29, 0.717) is 90.2 Å². The molecule has 0 unspecified atom stereocenters. The highest BCUT2D eigenvalue weighted by Gasteiger charge is 2.34. The van der Waals surface area contributed by atoms with Gasteiger partial charge in [-0.25, -0.2) is 8.42 Å². The highest BCUT2D eigenvalue weighted by atomic mass is 35.5. The number of nitrogens with one attached hydrogen (secondary N) is 2. The van der Waals surface area contributed by atoms with Crippen molar-refractivity contribution in [2.45, 2.75) is 25.2 Å². The number of aryl methyl sites for hydroxylation is 1. The van der Waals surface area contributed by atoms with Crippen molar-refractivity contribution in [1.82, 2.24) is 14.8 Å². The lowest BCUT2D eigenvalue weighted by molar-refractivity contribution is -0.110. The van der Waals surface area contributed by atoms with Crippen LogP contribution in [0.2, 0.25) is 5.02 Å². The standard InChI is InChI=1S/C30H32ClN5O5S/c1-18-26(32-19(2)28(18)30(39)35-11-9-34(10-12-35)13-14-37)17-24-23-16-22(5-6-25(23)33-29(24)38)42(40,41)36-8-7-20-3-4-21(31)15-27(20)36/h3-6,15-17,32,37H,7-14H2,1-2H3,(H,33,38). The van der Waals surface area contributed by atoms with E-state index < -0.39 is 10.0 Å². The number of benzene rings is 2. The van der Waals surface area contributed by atoms with Crippen molar-refractivity contribution in [2.75, 3.05) is 55.5 Å². The van der Waals surface area contributed by atoms with Gasteiger partial charge in [-0.1, -0.05) is 17.7 Å². The summed E-state index contributed by atoms with van der Waals surface area (Å²) in [6.45, 7) is 7.20. The van der Waals surface area contributed by atoms with Gasteiger partial charge in [-0.15, -0.1) is 0 Å². The summed E-state index contributed by atoms with van der Waals surface area (Å²) in [5.41, 5.74) is 5.39. The number of H-pyrrole nitrogens is 1. The average molecular weight is 610 g/mol. The lowest BCUT2D eigenvalue weighted by Gasteiger charge is -2.34. The Bertz CT molecular complexity index is 1740. The lowest BCUT2D eigenvalue weighted by atomic mass is 10.0. The summed E-state index contributed by atoms with van der Waals surface area (Å²) in [4.78, 5) is 33.8. The van der Waals surface area contributed by atoms with E-state index >= 15 is 0 Å². The van der Waals surface area contributed by atoms with Crippen LogP contribution in [0.3, 0.4) is 0 Å². The molecule has 42 heavy (non-hydrogen) atoms. The summed E-state index contributed by atoms with van der Waals surface area (Å²) in [5, 5.41) is 12.5. The SMILES string of the molecule is Cc1[nH]c(C=C2C(=O)Nc3ccc(S(=O)(=O)N4CCc5ccc(Cl)cc54)cc32)c(C)c1C(=O)N1CCN(CCO)CC1. The number of anilines is 2. The smallest absolute Gasteiger partial charge is 0.264 e. The van der Waals surface area contributed by atoms with Gasteiger partial charge in [-0.3, -0.25) is 18.8 Å². The number of sulfonamides is 1. The summed E-state index contributed by atoms with van der Waals surface area (Å²) >= 11 is 6.17. The van der Waals surface area contributed by atoms with Crippen molar-refractivity contribution in [1.29, 1.82) is 0 Å². The maximum atomic E-state index is 13.7. The molecule has 0 bridgehead atoms. The lowest BCUT2D eigenvalue weighted by Crippen LogP contribution is -2.49. The van der Waals surface area contributed by atoms with Gasteiger partial charge in [0.15, 0.2) is 0 Å². The van der Waals surface area contributed by atoms with Gasteiger partial charge in [0.05, 0.1) is 28.3 Å². The number of aliphatic hydroxyl groups excluding tert-OH is 1. The van der Waals surface area contributed by atoms with Crippen LogP contribution in [0.5, 0.6) is 0 Å². The summed E-state index contributed by atoms with van der Waals surface area (Å²) < 4.78 is 28.8. The van der Waals surface area contributed by atoms with E-state index in [-0.39, 0.29) is 23.3 Å². The van der Waals surface area contributed by atoms with Gasteiger partial charge in [0, 0.05) is 66.9 Å². The first-order valence-corrected chi connectivity index (χ1v) is 15.7. The normalized spacial score (nSPS) is 18.0. The molecular formula is C30H32ClN5O5S. The fourth-order valence-corrected chi connectivity index (χ4v) is 7.72. The Morgan fingerprint density at radius 3 is 2.57 bits per heavy atom. The molecule has 0 spiro atoms. The Labute approximate surface area is 249 Å². The summed E-state index contributed by atoms with van der Waals surface area (Å²) in [6, 6.07) is 9.89. The summed E-state index contributed by atoms with van der Waals surface area (Å²) in [7, 11) is -3.91. The first-order chi connectivity index (χ1) is 20.1. The molecule has 0 atom stereocenters. The van der Waals surface area contributed by atoms with Gasteiger partial charge >= 0.3 is 0 Å². The number of nitrogens with zero attached hydrogens (tertiary/aromatic N) is 3. The number of aromatic amines is 1. The molecule has 10 nitrogen and oxygen atoms in total. The van der Waals surface area contributed by atoms with E-state index in [0.717, 1.165) is 11.1 Å². The largest absolute Gasteiger partial charge is 0.395 e. The molecule has 1 saturated heterocycles. The first kappa shape index (κ1) is 28.5. The highest BCUT2D eigenvalue weighted by molar-refractivity contribution is 7.92. The minimum absolute atomic E-state index is 0.0760. The van der Waals surface area contributed by atoms with Crippen LogP contribution in [0.1, 0.15) is 38.4 Å². The fourth-order valence-electron chi connectivity index (χ4n) is 6.03. The Morgan fingerprint density at radius 1 is 1.07 bits per heavy atom. The number of carbonyl (C=O) groups is 2. The van der Waals surface area contributed by atoms with Crippen LogP contribution < -0.4 is 9.62 Å². The molecule has 0 aliphatic carbocycles. The molecule has 3 N–H and O–H groups in total. The second-order valence-corrected chi connectivity index (χ2v) is 13.1. The summed E-state index contributed by atoms with van der Waals surface area (Å²) in [6.07, 6.45) is 2.27. The van der Waals surface area contributed by atoms with Crippen molar-refractivity contribution in [3.8, 4) is 0 Å². The number of amides is 2. The third-order valence-corrected chi connectivity index (χ3v) is 10.4. The predicted octanol–water partition coefficient (Wildman–Crippen LogP) is 3.28. The van der Waals surface area contributed by atoms with E-state index in [4.69, 9.17) is 11.6 Å². The predicted molar refractivity (Wildman–Crippen MR) is 162 cm³/mol. The van der Waals surface area contributed by atoms with Crippen LogP contribution in [0.25, 0.3) is 11.6 Å². The number of β-amino-alcohol motifs (C(OH)–C–C–N with tert-alkyl or cyclic N) is 1. The number of hydrogen-bond donors (Lipinski definition) is 3. The zero-order valence-electron chi connectivity index (χ0n) is 23.4. The molecule has 3 aromatic rings. The zero-order valence-corrected chi connectivity index (χ0v) is 25.0. The fraction of sp³-hybridized carbons (Fsp3) is 0.333. The van der Waals surface area contributed by atoms with E-state index in [1.54, 1.807) is 24.3 Å². The van der Waals surface area contributed by atoms with E-state index in [1.807, 2.05) is 24.8 Å². The van der Waals surface area contributed by atoms with Gasteiger partial charge in [-0.05, 0) is 67.8 Å². The van der Waals surface area contributed by atoms with Gasteiger partial charge in [0.25, 0.3) is 21.8 Å². The average Bonchev–Trinajstić information content (AvgIpc) is 3.61. The second-order valence-electron chi connectivity index (χ2n) is 10.8. The van der Waals surface area contributed by atoms with Crippen LogP contribution in [0.4, 0.5) is 11.4 Å². The third kappa shape index (κ3) is 4.90. The van der Waals surface area contributed by atoms with Gasteiger partial charge in [0.1, 0.15) is 0 Å². The minimum Gasteiger partial charge on any atom is -0.395 e. The molecule has 0 saturated carbocycles. The molecular weight excluding hydrogens is 578 g/mol. The molecule has 6 rings (SSSR count). The van der Waals surface area contributed by atoms with E-state index in [2.05, 4.69) is 15.2 Å². The maximum Gasteiger partial charge on any atom is 0.264 e. The molecule has 12 heteroatoms. The minimum atomic E-state index is -3.91. The number of rotatable bonds is 6. The monoisotopic (exact) mass is 609 g/mol. The van der Waals surface area contributed by atoms with Crippen LogP contribution >= 0.6 is 11.6 Å². The first-order valence-electron chi connectivity index (χ1n) is 13.9. The second kappa shape index (κ2) is 10.9. The maximum absolute atomic E-state index is 13.7. The molecule has 1 aromatic heterocycles. The number of piperazine rings is 1. The molecule has 0 radical (unpaired) electrons. The number of halogens is 1. The van der Waals surface area contributed by atoms with E-state index in [9.17, 15) is 23.1 Å². The van der Waals surface area contributed by atoms with Gasteiger partial charge < -0.3 is 20.3 Å². The Morgan fingerprint density at radius 2 is 1.83 bits per heavy atom. The molecule has 1 fully saturated rings. The molecule has 2 amide bonds. The van der Waals surface area contributed by atoms with Crippen molar-refractivity contribution in [2.24, 2.45) is 0 Å². The van der Waals surface area contributed by atoms with Crippen molar-refractivity contribution in [3.05, 3.63) is 75.1 Å². The number of carbonyl (C=O) groups excluding carboxylic acids is 2. The van der Waals surface area contributed by atoms with Crippen LogP contribution in [-0.4, -0.2) is 86.0 Å². The Hall–Kier alpha value is -3.64. The summed E-state index contributed by atoms with van der Waals surface area (Å²) in [5.74, 6) is -0.428. The number of fused-ring (bicyclic) bond motifs is 2. The van der Waals surface area contributed by atoms with Crippen molar-refractivity contribution >= 4 is 56.5 Å². The quantitative estimate of drug-likeness (QED) is 0.368. The van der Waals surface area contributed by atoms with Gasteiger partial charge in [0.2, 0.25) is 0 Å². The van der Waals surface area contributed by atoms with Gasteiger partial charge in [-0.2, -0.15) is 0 Å². The molecule has 2 aromatic carbocycles. The Kier molecular flexibility index (Phi) is 7.38. The van der Waals surface area contributed by atoms with Crippen LogP contribution in [0.15, 0.2) is 41.3 Å². The zero-order chi connectivity index (χ0) is 29.8. The van der Waals surface area contributed by atoms with Crippen LogP contribution in [0, 0.1) is 13.8 Å². The van der Waals surface area contributed by atoms with E-state index in [1.165, 1.54) is 16.4 Å². The topological polar surface area (TPSA) is 126 Å². The number of hydrogen-bond acceptors (Lipinski definition) is 6. The van der Waals surface area contributed by atoms with Crippen molar-refractivity contribution < 1.29 is 23.1 Å². The molecule has 220 valence electrons. The Balaban J connectivity index is 1.30.